The zero-order valence-corrected chi connectivity index (χ0v) is 22.6. The molecule has 196 valence electrons. The molecule has 0 bridgehead atoms. The van der Waals surface area contributed by atoms with Gasteiger partial charge in [-0.1, -0.05) is 37.3 Å². The van der Waals surface area contributed by atoms with E-state index in [1.54, 1.807) is 36.4 Å². The summed E-state index contributed by atoms with van der Waals surface area (Å²) in [4.78, 5) is 25.3. The van der Waals surface area contributed by atoms with Crippen LogP contribution in [0.4, 0.5) is 0 Å². The fourth-order valence-electron chi connectivity index (χ4n) is 4.38. The summed E-state index contributed by atoms with van der Waals surface area (Å²) in [5.41, 5.74) is 8.00. The Morgan fingerprint density at radius 1 is 1.19 bits per heavy atom. The van der Waals surface area contributed by atoms with Crippen molar-refractivity contribution in [2.45, 2.75) is 50.2 Å². The van der Waals surface area contributed by atoms with Crippen molar-refractivity contribution in [3.8, 4) is 5.75 Å². The predicted octanol–water partition coefficient (Wildman–Crippen LogP) is 4.21. The molecule has 1 amide bonds. The lowest BCUT2D eigenvalue weighted by Crippen LogP contribution is -2.36. The SMILES string of the molecule is CC[C@@H]1CN(Cc2cc(C(CC(=O)OC)c3ccc(C(N)=O)s3)ccc2C)S(=O)(=O)c2ccccc2O1. The molecule has 0 aliphatic carbocycles. The number of thiophene rings is 1. The highest BCUT2D eigenvalue weighted by Crippen LogP contribution is 2.36. The molecule has 0 spiro atoms. The molecular weight excluding hydrogens is 512 g/mol. The van der Waals surface area contributed by atoms with Crippen LogP contribution in [-0.2, 0) is 26.1 Å². The second kappa shape index (κ2) is 11.0. The van der Waals surface area contributed by atoms with Gasteiger partial charge in [-0.2, -0.15) is 4.31 Å². The molecule has 1 unspecified atom stereocenters. The van der Waals surface area contributed by atoms with E-state index in [4.69, 9.17) is 15.2 Å². The Kier molecular flexibility index (Phi) is 8.01. The molecule has 0 saturated heterocycles. The number of aryl methyl sites for hydroxylation is 1. The first kappa shape index (κ1) is 26.8. The average Bonchev–Trinajstić information content (AvgIpc) is 3.34. The Labute approximate surface area is 221 Å². The van der Waals surface area contributed by atoms with Crippen molar-refractivity contribution in [1.29, 1.82) is 0 Å². The number of primary amides is 1. The summed E-state index contributed by atoms with van der Waals surface area (Å²) in [6.45, 7) is 4.26. The number of nitrogens with zero attached hydrogens (tertiary/aromatic N) is 1. The first-order valence-corrected chi connectivity index (χ1v) is 14.2. The largest absolute Gasteiger partial charge is 0.488 e. The maximum absolute atomic E-state index is 13.6. The van der Waals surface area contributed by atoms with Crippen molar-refractivity contribution < 1.29 is 27.5 Å². The van der Waals surface area contributed by atoms with Crippen LogP contribution in [0, 0.1) is 6.92 Å². The summed E-state index contributed by atoms with van der Waals surface area (Å²) in [5.74, 6) is -0.936. The van der Waals surface area contributed by atoms with Gasteiger partial charge in [-0.3, -0.25) is 9.59 Å². The van der Waals surface area contributed by atoms with Gasteiger partial charge in [0.15, 0.2) is 0 Å². The monoisotopic (exact) mass is 542 g/mol. The Morgan fingerprint density at radius 3 is 2.62 bits per heavy atom. The van der Waals surface area contributed by atoms with Gasteiger partial charge in [0.1, 0.15) is 16.7 Å². The van der Waals surface area contributed by atoms with Crippen LogP contribution in [-0.4, -0.2) is 44.4 Å². The number of carbonyl (C=O) groups excluding carboxylic acids is 2. The van der Waals surface area contributed by atoms with Crippen LogP contribution in [0.2, 0.25) is 0 Å². The number of hydrogen-bond acceptors (Lipinski definition) is 7. The first-order valence-electron chi connectivity index (χ1n) is 12.0. The molecule has 1 aliphatic heterocycles. The number of fused-ring (bicyclic) bond motifs is 1. The van der Waals surface area contributed by atoms with E-state index in [2.05, 4.69) is 0 Å². The molecule has 0 fully saturated rings. The highest BCUT2D eigenvalue weighted by molar-refractivity contribution is 7.89. The first-order chi connectivity index (χ1) is 17.6. The number of carbonyl (C=O) groups is 2. The van der Waals surface area contributed by atoms with Crippen molar-refractivity contribution in [1.82, 2.24) is 4.31 Å². The molecule has 37 heavy (non-hydrogen) atoms. The quantitative estimate of drug-likeness (QED) is 0.426. The smallest absolute Gasteiger partial charge is 0.306 e. The van der Waals surface area contributed by atoms with Gasteiger partial charge in [0.25, 0.3) is 5.91 Å². The summed E-state index contributed by atoms with van der Waals surface area (Å²) >= 11 is 1.24. The molecule has 2 heterocycles. The highest BCUT2D eigenvalue weighted by Gasteiger charge is 2.34. The Bertz CT molecular complexity index is 1420. The Hall–Kier alpha value is -3.21. The number of para-hydroxylation sites is 1. The number of benzene rings is 2. The standard InChI is InChI=1S/C27H30N2O6S2/c1-4-20-16-29(37(32,33)25-8-6-5-7-22(25)35-20)15-19-13-18(10-9-17(19)2)21(14-26(30)34-3)23-11-12-24(36-23)27(28)31/h5-13,20-21H,4,14-16H2,1-3H3,(H2,28,31)/t20-,21?/m1/s1. The molecule has 2 atom stereocenters. The lowest BCUT2D eigenvalue weighted by Gasteiger charge is -2.24. The average molecular weight is 543 g/mol. The summed E-state index contributed by atoms with van der Waals surface area (Å²) in [5, 5.41) is 0. The predicted molar refractivity (Wildman–Crippen MR) is 141 cm³/mol. The van der Waals surface area contributed by atoms with E-state index >= 15 is 0 Å². The second-order valence-corrected chi connectivity index (χ2v) is 12.0. The minimum Gasteiger partial charge on any atom is -0.488 e. The number of sulfonamides is 1. The molecule has 1 aromatic heterocycles. The van der Waals surface area contributed by atoms with Crippen molar-refractivity contribution in [3.05, 3.63) is 81.0 Å². The van der Waals surface area contributed by atoms with E-state index < -0.39 is 21.9 Å². The lowest BCUT2D eigenvalue weighted by molar-refractivity contribution is -0.140. The van der Waals surface area contributed by atoms with Crippen LogP contribution in [0.3, 0.4) is 0 Å². The molecule has 0 saturated carbocycles. The molecule has 2 N–H and O–H groups in total. The van der Waals surface area contributed by atoms with Gasteiger partial charge in [0.2, 0.25) is 10.0 Å². The molecule has 2 aromatic carbocycles. The zero-order valence-electron chi connectivity index (χ0n) is 21.0. The van der Waals surface area contributed by atoms with E-state index in [0.717, 1.165) is 21.6 Å². The van der Waals surface area contributed by atoms with Crippen molar-refractivity contribution in [2.75, 3.05) is 13.7 Å². The number of nitrogens with two attached hydrogens (primary N) is 1. The van der Waals surface area contributed by atoms with Gasteiger partial charge in [-0.05, 0) is 54.3 Å². The number of rotatable bonds is 8. The van der Waals surface area contributed by atoms with Crippen molar-refractivity contribution in [2.24, 2.45) is 5.73 Å². The maximum atomic E-state index is 13.6. The van der Waals surface area contributed by atoms with Crippen LogP contribution in [0.1, 0.15) is 56.9 Å². The third kappa shape index (κ3) is 5.71. The molecular formula is C27H30N2O6S2. The van der Waals surface area contributed by atoms with E-state index in [-0.39, 0.29) is 36.4 Å². The van der Waals surface area contributed by atoms with Gasteiger partial charge in [-0.25, -0.2) is 8.42 Å². The van der Waals surface area contributed by atoms with Crippen LogP contribution in [0.25, 0.3) is 0 Å². The number of ether oxygens (including phenoxy) is 2. The van der Waals surface area contributed by atoms with E-state index in [1.165, 1.54) is 22.8 Å². The molecule has 10 heteroatoms. The third-order valence-electron chi connectivity index (χ3n) is 6.56. The molecule has 4 rings (SSSR count). The minimum atomic E-state index is -3.81. The molecule has 0 radical (unpaired) electrons. The zero-order chi connectivity index (χ0) is 26.7. The Balaban J connectivity index is 1.73. The summed E-state index contributed by atoms with van der Waals surface area (Å²) < 4.78 is 39.7. The van der Waals surface area contributed by atoms with Gasteiger partial charge >= 0.3 is 5.97 Å². The van der Waals surface area contributed by atoms with Gasteiger partial charge in [-0.15, -0.1) is 11.3 Å². The molecule has 1 aliphatic rings. The number of methoxy groups -OCH3 is 1. The van der Waals surface area contributed by atoms with E-state index in [0.29, 0.717) is 17.0 Å². The molecule has 8 nitrogen and oxygen atoms in total. The lowest BCUT2D eigenvalue weighted by atomic mass is 9.91. The minimum absolute atomic E-state index is 0.0683. The van der Waals surface area contributed by atoms with Crippen LogP contribution in [0.15, 0.2) is 59.5 Å². The van der Waals surface area contributed by atoms with Gasteiger partial charge in [0.05, 0.1) is 25.0 Å². The number of amides is 1. The van der Waals surface area contributed by atoms with Crippen LogP contribution >= 0.6 is 11.3 Å². The summed E-state index contributed by atoms with van der Waals surface area (Å²) in [7, 11) is -2.48. The highest BCUT2D eigenvalue weighted by atomic mass is 32.2. The molecule has 3 aromatic rings. The van der Waals surface area contributed by atoms with Gasteiger partial charge < -0.3 is 15.2 Å². The normalized spacial score (nSPS) is 17.8. The van der Waals surface area contributed by atoms with Crippen LogP contribution < -0.4 is 10.5 Å². The van der Waals surface area contributed by atoms with Crippen LogP contribution in [0.5, 0.6) is 5.75 Å². The van der Waals surface area contributed by atoms with E-state index in [1.807, 2.05) is 32.0 Å². The third-order valence-corrected chi connectivity index (χ3v) is 9.62. The van der Waals surface area contributed by atoms with E-state index in [9.17, 15) is 18.0 Å². The maximum Gasteiger partial charge on any atom is 0.306 e. The fourth-order valence-corrected chi connectivity index (χ4v) is 6.94. The van der Waals surface area contributed by atoms with Gasteiger partial charge in [0, 0.05) is 17.3 Å². The number of esters is 1. The second-order valence-electron chi connectivity index (χ2n) is 8.98. The summed E-state index contributed by atoms with van der Waals surface area (Å²) in [6, 6.07) is 15.9. The topological polar surface area (TPSA) is 116 Å². The fraction of sp³-hybridized carbons (Fsp3) is 0.333. The van der Waals surface area contributed by atoms with Crippen molar-refractivity contribution in [3.63, 3.8) is 0 Å². The summed E-state index contributed by atoms with van der Waals surface area (Å²) in [6.07, 6.45) is 0.437. The Morgan fingerprint density at radius 2 is 1.95 bits per heavy atom. The van der Waals surface area contributed by atoms with Crippen molar-refractivity contribution >= 4 is 33.2 Å². The number of hydrogen-bond donors (Lipinski definition) is 1.